The van der Waals surface area contributed by atoms with Gasteiger partial charge in [-0.05, 0) is 49.9 Å². The number of aliphatic hydroxyl groups excluding tert-OH is 1. The first-order valence-corrected chi connectivity index (χ1v) is 12.4. The smallest absolute Gasteiger partial charge is 0.257 e. The van der Waals surface area contributed by atoms with Crippen LogP contribution in [-0.4, -0.2) is 34.1 Å². The lowest BCUT2D eigenvalue weighted by molar-refractivity contribution is 0.0932. The summed E-state index contributed by atoms with van der Waals surface area (Å²) in [7, 11) is 0. The van der Waals surface area contributed by atoms with Crippen LogP contribution in [0.25, 0.3) is 10.1 Å². The van der Waals surface area contributed by atoms with E-state index in [-0.39, 0.29) is 24.0 Å². The summed E-state index contributed by atoms with van der Waals surface area (Å²) in [5.41, 5.74) is 3.20. The number of carbonyl (C=O) groups excluding carboxylic acids is 2. The Morgan fingerprint density at radius 3 is 2.63 bits per heavy atom. The average Bonchev–Trinajstić information content (AvgIpc) is 3.47. The fraction of sp³-hybridized carbons (Fsp3) is 0.222. The lowest BCUT2D eigenvalue weighted by Gasteiger charge is -2.16. The molecule has 8 heteroatoms. The lowest BCUT2D eigenvalue weighted by atomic mass is 10.1. The number of carbonyl (C=O) groups is 2. The number of rotatable bonds is 6. The lowest BCUT2D eigenvalue weighted by Crippen LogP contribution is -2.33. The third-order valence-corrected chi connectivity index (χ3v) is 7.23. The number of pyridine rings is 1. The van der Waals surface area contributed by atoms with Gasteiger partial charge in [0.2, 0.25) is 0 Å². The van der Waals surface area contributed by atoms with E-state index in [1.165, 1.54) is 17.5 Å². The van der Waals surface area contributed by atoms with E-state index in [1.54, 1.807) is 6.07 Å². The zero-order valence-corrected chi connectivity index (χ0v) is 20.1. The highest BCUT2D eigenvalue weighted by atomic mass is 32.1. The van der Waals surface area contributed by atoms with Crippen LogP contribution in [0, 0.1) is 6.92 Å². The van der Waals surface area contributed by atoms with Gasteiger partial charge in [-0.2, -0.15) is 0 Å². The summed E-state index contributed by atoms with van der Waals surface area (Å²) in [6.07, 6.45) is 3.08. The van der Waals surface area contributed by atoms with Gasteiger partial charge in [0.15, 0.2) is 5.82 Å². The Kier molecular flexibility index (Phi) is 6.48. The molecule has 2 atom stereocenters. The van der Waals surface area contributed by atoms with Crippen molar-refractivity contribution in [2.24, 2.45) is 0 Å². The van der Waals surface area contributed by atoms with Gasteiger partial charge in [-0.25, -0.2) is 4.98 Å². The second-order valence-corrected chi connectivity index (χ2v) is 9.71. The SMILES string of the molecule is Cc1ccccc1Nc1ncc(C(=O)N[C@H]2CC[C@@H](O)C2)cc1NC(=O)c1csc2ccccc12. The molecule has 0 bridgehead atoms. The van der Waals surface area contributed by atoms with Gasteiger partial charge in [0, 0.05) is 33.4 Å². The van der Waals surface area contributed by atoms with E-state index in [0.29, 0.717) is 35.5 Å². The number of anilines is 3. The van der Waals surface area contributed by atoms with Crippen molar-refractivity contribution in [1.29, 1.82) is 0 Å². The van der Waals surface area contributed by atoms with Crippen LogP contribution in [0.2, 0.25) is 0 Å². The van der Waals surface area contributed by atoms with Crippen molar-refractivity contribution in [3.8, 4) is 0 Å². The Morgan fingerprint density at radius 1 is 1.03 bits per heavy atom. The molecule has 35 heavy (non-hydrogen) atoms. The molecule has 0 spiro atoms. The summed E-state index contributed by atoms with van der Waals surface area (Å²) in [6, 6.07) is 17.1. The second-order valence-electron chi connectivity index (χ2n) is 8.80. The summed E-state index contributed by atoms with van der Waals surface area (Å²) >= 11 is 1.51. The molecule has 2 amide bonds. The fourth-order valence-corrected chi connectivity index (χ4v) is 5.27. The number of nitrogens with zero attached hydrogens (tertiary/aromatic N) is 1. The summed E-state index contributed by atoms with van der Waals surface area (Å²) in [6.45, 7) is 1.98. The minimum absolute atomic E-state index is 0.0718. The number of nitrogens with one attached hydrogen (secondary N) is 3. The Bertz CT molecular complexity index is 1400. The molecule has 0 aliphatic heterocycles. The molecule has 2 aromatic carbocycles. The predicted molar refractivity (Wildman–Crippen MR) is 140 cm³/mol. The van der Waals surface area contributed by atoms with Gasteiger partial charge in [0.1, 0.15) is 0 Å². The van der Waals surface area contributed by atoms with Gasteiger partial charge in [0.05, 0.1) is 22.9 Å². The van der Waals surface area contributed by atoms with Gasteiger partial charge >= 0.3 is 0 Å². The number of amides is 2. The molecule has 1 saturated carbocycles. The number of fused-ring (bicyclic) bond motifs is 1. The molecule has 7 nitrogen and oxygen atoms in total. The Hall–Kier alpha value is -3.75. The molecular formula is C27H26N4O3S. The van der Waals surface area contributed by atoms with E-state index in [0.717, 1.165) is 27.8 Å². The number of aliphatic hydroxyl groups is 1. The monoisotopic (exact) mass is 486 g/mol. The van der Waals surface area contributed by atoms with E-state index >= 15 is 0 Å². The summed E-state index contributed by atoms with van der Waals surface area (Å²) in [4.78, 5) is 30.7. The predicted octanol–water partition coefficient (Wildman–Crippen LogP) is 5.24. The van der Waals surface area contributed by atoms with E-state index in [9.17, 15) is 14.7 Å². The van der Waals surface area contributed by atoms with Crippen LogP contribution < -0.4 is 16.0 Å². The number of para-hydroxylation sites is 1. The molecule has 0 radical (unpaired) electrons. The largest absolute Gasteiger partial charge is 0.393 e. The first-order valence-electron chi connectivity index (χ1n) is 11.6. The molecule has 4 N–H and O–H groups in total. The maximum Gasteiger partial charge on any atom is 0.257 e. The molecule has 178 valence electrons. The van der Waals surface area contributed by atoms with Crippen LogP contribution in [0.5, 0.6) is 0 Å². The van der Waals surface area contributed by atoms with Gasteiger partial charge in [0.25, 0.3) is 11.8 Å². The van der Waals surface area contributed by atoms with Crippen LogP contribution in [0.1, 0.15) is 45.5 Å². The zero-order valence-electron chi connectivity index (χ0n) is 19.2. The Balaban J connectivity index is 1.45. The van der Waals surface area contributed by atoms with Gasteiger partial charge < -0.3 is 21.1 Å². The topological polar surface area (TPSA) is 103 Å². The van der Waals surface area contributed by atoms with Crippen molar-refractivity contribution in [2.45, 2.75) is 38.3 Å². The quantitative estimate of drug-likeness (QED) is 0.298. The maximum absolute atomic E-state index is 13.3. The molecule has 4 aromatic rings. The van der Waals surface area contributed by atoms with E-state index in [2.05, 4.69) is 20.9 Å². The fourth-order valence-electron chi connectivity index (χ4n) is 4.33. The number of hydrogen-bond acceptors (Lipinski definition) is 6. The summed E-state index contributed by atoms with van der Waals surface area (Å²) in [5, 5.41) is 21.7. The number of thiophene rings is 1. The van der Waals surface area contributed by atoms with Gasteiger partial charge in [-0.1, -0.05) is 36.4 Å². The van der Waals surface area contributed by atoms with Crippen LogP contribution >= 0.6 is 11.3 Å². The number of aryl methyl sites for hydroxylation is 1. The minimum Gasteiger partial charge on any atom is -0.393 e. The van der Waals surface area contributed by atoms with Crippen molar-refractivity contribution in [1.82, 2.24) is 10.3 Å². The van der Waals surface area contributed by atoms with Crippen LogP contribution in [0.4, 0.5) is 17.2 Å². The van der Waals surface area contributed by atoms with E-state index in [1.807, 2.05) is 60.8 Å². The van der Waals surface area contributed by atoms with Crippen LogP contribution in [0.15, 0.2) is 66.2 Å². The number of benzene rings is 2. The molecule has 2 aromatic heterocycles. The second kappa shape index (κ2) is 9.85. The highest BCUT2D eigenvalue weighted by Crippen LogP contribution is 2.30. The van der Waals surface area contributed by atoms with E-state index < -0.39 is 0 Å². The first-order chi connectivity index (χ1) is 17.0. The number of aromatic nitrogens is 1. The Morgan fingerprint density at radius 2 is 1.83 bits per heavy atom. The normalized spacial score (nSPS) is 17.3. The van der Waals surface area contributed by atoms with Crippen molar-refractivity contribution in [2.75, 3.05) is 10.6 Å². The highest BCUT2D eigenvalue weighted by Gasteiger charge is 2.25. The van der Waals surface area contributed by atoms with E-state index in [4.69, 9.17) is 0 Å². The molecule has 1 fully saturated rings. The third-order valence-electron chi connectivity index (χ3n) is 6.26. The van der Waals surface area contributed by atoms with Crippen LogP contribution in [-0.2, 0) is 0 Å². The van der Waals surface area contributed by atoms with Crippen molar-refractivity contribution in [3.05, 3.63) is 82.9 Å². The minimum atomic E-state index is -0.380. The molecule has 0 unspecified atom stereocenters. The van der Waals surface area contributed by atoms with Gasteiger partial charge in [-0.3, -0.25) is 9.59 Å². The number of hydrogen-bond donors (Lipinski definition) is 4. The summed E-state index contributed by atoms with van der Waals surface area (Å²) in [5.74, 6) is -0.107. The first kappa shape index (κ1) is 23.0. The molecule has 2 heterocycles. The summed E-state index contributed by atoms with van der Waals surface area (Å²) < 4.78 is 1.03. The zero-order chi connectivity index (χ0) is 24.4. The molecule has 1 aliphatic rings. The van der Waals surface area contributed by atoms with Crippen molar-refractivity contribution in [3.63, 3.8) is 0 Å². The molecular weight excluding hydrogens is 460 g/mol. The van der Waals surface area contributed by atoms with Crippen molar-refractivity contribution >= 4 is 50.4 Å². The maximum atomic E-state index is 13.3. The molecule has 0 saturated heterocycles. The van der Waals surface area contributed by atoms with Crippen LogP contribution in [0.3, 0.4) is 0 Å². The molecule has 5 rings (SSSR count). The average molecular weight is 487 g/mol. The molecule has 1 aliphatic carbocycles. The highest BCUT2D eigenvalue weighted by molar-refractivity contribution is 7.17. The van der Waals surface area contributed by atoms with Crippen molar-refractivity contribution < 1.29 is 14.7 Å². The van der Waals surface area contributed by atoms with Gasteiger partial charge in [-0.15, -0.1) is 11.3 Å². The third kappa shape index (κ3) is 5.03. The standard InChI is InChI=1S/C27H26N4O3S/c1-16-6-2-4-8-22(16)30-25-23(31-27(34)21-15-35-24-9-5-3-7-20(21)24)12-17(14-28-25)26(33)29-18-10-11-19(32)13-18/h2-9,12,14-15,18-19,32H,10-11,13H2,1H3,(H,28,30)(H,29,33)(H,31,34)/t18-,19+/m0/s1. The Labute approximate surface area is 207 Å².